The summed E-state index contributed by atoms with van der Waals surface area (Å²) >= 11 is 1.56. The molecule has 0 spiro atoms. The number of benzene rings is 2. The van der Waals surface area contributed by atoms with Crippen molar-refractivity contribution in [2.75, 3.05) is 43.5 Å². The van der Waals surface area contributed by atoms with E-state index in [0.717, 1.165) is 55.4 Å². The first-order valence-electron chi connectivity index (χ1n) is 10.6. The predicted molar refractivity (Wildman–Crippen MR) is 124 cm³/mol. The van der Waals surface area contributed by atoms with Crippen LogP contribution in [0, 0.1) is 11.2 Å². The smallest absolute Gasteiger partial charge is 0.232 e. The highest BCUT2D eigenvalue weighted by Gasteiger charge is 2.39. The van der Waals surface area contributed by atoms with Crippen molar-refractivity contribution in [2.24, 2.45) is 10.4 Å². The maximum atomic E-state index is 13.6. The van der Waals surface area contributed by atoms with Crippen LogP contribution in [0.1, 0.15) is 30.9 Å². The van der Waals surface area contributed by atoms with Crippen LogP contribution in [0.3, 0.4) is 0 Å². The van der Waals surface area contributed by atoms with Gasteiger partial charge in [0.2, 0.25) is 5.91 Å². The molecule has 0 aromatic heterocycles. The third kappa shape index (κ3) is 4.93. The van der Waals surface area contributed by atoms with Crippen LogP contribution in [0.2, 0.25) is 0 Å². The summed E-state index contributed by atoms with van der Waals surface area (Å²) in [5.41, 5.74) is 2.29. The Morgan fingerprint density at radius 3 is 2.29 bits per heavy atom. The van der Waals surface area contributed by atoms with E-state index in [1.165, 1.54) is 12.1 Å². The number of nitrogens with zero attached hydrogens (tertiary/aromatic N) is 2. The van der Waals surface area contributed by atoms with Crippen LogP contribution in [-0.4, -0.2) is 49.7 Å². The van der Waals surface area contributed by atoms with E-state index in [2.05, 4.69) is 39.5 Å². The van der Waals surface area contributed by atoms with Gasteiger partial charge in [0.05, 0.1) is 25.2 Å². The third-order valence-electron chi connectivity index (χ3n) is 5.92. The van der Waals surface area contributed by atoms with E-state index in [1.54, 1.807) is 23.9 Å². The van der Waals surface area contributed by atoms with E-state index in [0.29, 0.717) is 5.17 Å². The number of carbonyl (C=O) groups excluding carboxylic acids is 1. The first kappa shape index (κ1) is 21.8. The van der Waals surface area contributed by atoms with Gasteiger partial charge in [-0.25, -0.2) is 4.39 Å². The molecule has 1 saturated heterocycles. The fourth-order valence-corrected chi connectivity index (χ4v) is 4.90. The minimum Gasteiger partial charge on any atom is -0.378 e. The maximum absolute atomic E-state index is 13.6. The standard InChI is InChI=1S/C24H28FN3O2S/c1-24(2,22(29)27-23-26-11-16-31-23)21(17-3-7-19(25)8-4-17)18-5-9-20(10-6-18)28-12-14-30-15-13-28/h3-10,21H,11-16H2,1-2H3,(H,26,27,29). The van der Waals surface area contributed by atoms with Gasteiger partial charge >= 0.3 is 0 Å². The fraction of sp³-hybridized carbons (Fsp3) is 0.417. The topological polar surface area (TPSA) is 53.9 Å². The second-order valence-corrected chi connectivity index (χ2v) is 9.47. The largest absolute Gasteiger partial charge is 0.378 e. The lowest BCUT2D eigenvalue weighted by Gasteiger charge is -2.34. The molecule has 4 rings (SSSR count). The number of hydrogen-bond acceptors (Lipinski definition) is 5. The summed E-state index contributed by atoms with van der Waals surface area (Å²) in [6, 6.07) is 14.8. The molecule has 164 valence electrons. The number of nitrogens with one attached hydrogen (secondary N) is 1. The Morgan fingerprint density at radius 2 is 1.71 bits per heavy atom. The van der Waals surface area contributed by atoms with E-state index in [4.69, 9.17) is 4.74 Å². The van der Waals surface area contributed by atoms with Gasteiger partial charge in [-0.2, -0.15) is 0 Å². The second-order valence-electron chi connectivity index (χ2n) is 8.39. The summed E-state index contributed by atoms with van der Waals surface area (Å²) in [4.78, 5) is 19.9. The maximum Gasteiger partial charge on any atom is 0.232 e. The van der Waals surface area contributed by atoms with Gasteiger partial charge in [0, 0.05) is 30.4 Å². The molecule has 7 heteroatoms. The molecule has 1 atom stereocenters. The lowest BCUT2D eigenvalue weighted by atomic mass is 9.70. The summed E-state index contributed by atoms with van der Waals surface area (Å²) < 4.78 is 19.1. The number of amidine groups is 1. The highest BCUT2D eigenvalue weighted by molar-refractivity contribution is 8.14. The van der Waals surface area contributed by atoms with Crippen LogP contribution in [0.5, 0.6) is 0 Å². The van der Waals surface area contributed by atoms with Gasteiger partial charge in [-0.05, 0) is 35.4 Å². The highest BCUT2D eigenvalue weighted by atomic mass is 32.2. The van der Waals surface area contributed by atoms with Gasteiger partial charge in [-0.1, -0.05) is 49.9 Å². The zero-order valence-electron chi connectivity index (χ0n) is 17.9. The van der Waals surface area contributed by atoms with Gasteiger partial charge in [-0.3, -0.25) is 9.79 Å². The fourth-order valence-electron chi connectivity index (χ4n) is 4.18. The Morgan fingerprint density at radius 1 is 1.10 bits per heavy atom. The van der Waals surface area contributed by atoms with Crippen LogP contribution in [0.4, 0.5) is 10.1 Å². The van der Waals surface area contributed by atoms with Gasteiger partial charge in [0.15, 0.2) is 5.17 Å². The number of thioether (sulfide) groups is 1. The molecule has 1 unspecified atom stereocenters. The average Bonchev–Trinajstić information content (AvgIpc) is 3.29. The number of anilines is 1. The van der Waals surface area contributed by atoms with E-state index < -0.39 is 5.41 Å². The third-order valence-corrected chi connectivity index (χ3v) is 6.81. The number of aliphatic imine (C=N–C) groups is 1. The lowest BCUT2D eigenvalue weighted by Crippen LogP contribution is -2.43. The second kappa shape index (κ2) is 9.40. The number of hydrogen-bond donors (Lipinski definition) is 1. The zero-order valence-corrected chi connectivity index (χ0v) is 18.8. The molecule has 0 aliphatic carbocycles. The van der Waals surface area contributed by atoms with Crippen molar-refractivity contribution >= 4 is 28.5 Å². The minimum absolute atomic E-state index is 0.0905. The van der Waals surface area contributed by atoms with Crippen LogP contribution in [0.25, 0.3) is 0 Å². The first-order valence-corrected chi connectivity index (χ1v) is 11.6. The molecular weight excluding hydrogens is 413 g/mol. The van der Waals surface area contributed by atoms with Crippen molar-refractivity contribution in [3.05, 3.63) is 65.5 Å². The van der Waals surface area contributed by atoms with Crippen molar-refractivity contribution in [1.29, 1.82) is 0 Å². The lowest BCUT2D eigenvalue weighted by molar-refractivity contribution is -0.128. The van der Waals surface area contributed by atoms with Crippen molar-refractivity contribution in [1.82, 2.24) is 5.32 Å². The molecule has 0 bridgehead atoms. The Balaban J connectivity index is 1.65. The van der Waals surface area contributed by atoms with Crippen LogP contribution >= 0.6 is 11.8 Å². The molecule has 2 aromatic rings. The Labute approximate surface area is 187 Å². The quantitative estimate of drug-likeness (QED) is 0.761. The van der Waals surface area contributed by atoms with Gasteiger partial charge in [0.1, 0.15) is 5.82 Å². The summed E-state index contributed by atoms with van der Waals surface area (Å²) in [5.74, 6) is 0.274. The first-order chi connectivity index (χ1) is 14.9. The zero-order chi connectivity index (χ0) is 21.8. The number of carbonyl (C=O) groups is 1. The highest BCUT2D eigenvalue weighted by Crippen LogP contribution is 2.42. The number of ether oxygens (including phenoxy) is 1. The summed E-state index contributed by atoms with van der Waals surface area (Å²) in [6.45, 7) is 7.80. The van der Waals surface area contributed by atoms with E-state index in [1.807, 2.05) is 13.8 Å². The molecule has 2 aliphatic heterocycles. The minimum atomic E-state index is -0.774. The van der Waals surface area contributed by atoms with Crippen LogP contribution < -0.4 is 10.2 Å². The summed E-state index contributed by atoms with van der Waals surface area (Å²) in [7, 11) is 0. The molecule has 2 aromatic carbocycles. The monoisotopic (exact) mass is 441 g/mol. The SMILES string of the molecule is CC(C)(C(=O)NC1=NCCS1)C(c1ccc(F)cc1)c1ccc(N2CCOCC2)cc1. The molecule has 1 N–H and O–H groups in total. The molecular formula is C24H28FN3O2S. The van der Waals surface area contributed by atoms with Crippen molar-refractivity contribution < 1.29 is 13.9 Å². The van der Waals surface area contributed by atoms with Crippen molar-refractivity contribution in [3.63, 3.8) is 0 Å². The molecule has 0 radical (unpaired) electrons. The van der Waals surface area contributed by atoms with Crippen LogP contribution in [-0.2, 0) is 9.53 Å². The van der Waals surface area contributed by atoms with Crippen molar-refractivity contribution in [2.45, 2.75) is 19.8 Å². The predicted octanol–water partition coefficient (Wildman–Crippen LogP) is 4.04. The van der Waals surface area contributed by atoms with Crippen LogP contribution in [0.15, 0.2) is 53.5 Å². The number of halogens is 1. The average molecular weight is 442 g/mol. The molecule has 2 aliphatic rings. The molecule has 5 nitrogen and oxygen atoms in total. The normalized spacial score (nSPS) is 17.9. The van der Waals surface area contributed by atoms with Gasteiger partial charge < -0.3 is 15.0 Å². The Hall–Kier alpha value is -2.38. The Kier molecular flexibility index (Phi) is 6.62. The summed E-state index contributed by atoms with van der Waals surface area (Å²) in [5, 5.41) is 3.67. The van der Waals surface area contributed by atoms with Crippen molar-refractivity contribution in [3.8, 4) is 0 Å². The summed E-state index contributed by atoms with van der Waals surface area (Å²) in [6.07, 6.45) is 0. The number of morpholine rings is 1. The Bertz CT molecular complexity index is 938. The molecule has 2 heterocycles. The molecule has 31 heavy (non-hydrogen) atoms. The van der Waals surface area contributed by atoms with Gasteiger partial charge in [0.25, 0.3) is 0 Å². The van der Waals surface area contributed by atoms with E-state index in [9.17, 15) is 9.18 Å². The molecule has 1 fully saturated rings. The van der Waals surface area contributed by atoms with Gasteiger partial charge in [-0.15, -0.1) is 0 Å². The van der Waals surface area contributed by atoms with E-state index in [-0.39, 0.29) is 17.6 Å². The number of amides is 1. The molecule has 1 amide bonds. The molecule has 0 saturated carbocycles. The number of rotatable bonds is 5. The van der Waals surface area contributed by atoms with E-state index >= 15 is 0 Å².